The fourth-order valence-electron chi connectivity index (χ4n) is 3.88. The third kappa shape index (κ3) is 6.12. The van der Waals surface area contributed by atoms with Crippen LogP contribution in [0.4, 0.5) is 13.2 Å². The molecule has 1 aliphatic rings. The molecule has 0 aromatic heterocycles. The van der Waals surface area contributed by atoms with Crippen LogP contribution in [0, 0.1) is 29.6 Å². The SMILES string of the molecule is CC(C)CCC(C)C1CCC(C(C)CC(F)C(C)F)C(F)C1. The first-order valence-corrected chi connectivity index (χ1v) is 9.14. The molecule has 0 amide bonds. The summed E-state index contributed by atoms with van der Waals surface area (Å²) in [5, 5.41) is 0. The van der Waals surface area contributed by atoms with Crippen molar-refractivity contribution >= 4 is 0 Å². The Morgan fingerprint density at radius 2 is 1.55 bits per heavy atom. The molecular weight excluding hydrogens is 285 g/mol. The molecule has 0 nitrogen and oxygen atoms in total. The Bertz CT molecular complexity index is 303. The van der Waals surface area contributed by atoms with Crippen molar-refractivity contribution in [1.29, 1.82) is 0 Å². The van der Waals surface area contributed by atoms with E-state index in [0.717, 1.165) is 12.8 Å². The van der Waals surface area contributed by atoms with Crippen molar-refractivity contribution in [3.8, 4) is 0 Å². The lowest BCUT2D eigenvalue weighted by Gasteiger charge is -2.38. The summed E-state index contributed by atoms with van der Waals surface area (Å²) < 4.78 is 41.1. The van der Waals surface area contributed by atoms with Crippen LogP contribution in [0.3, 0.4) is 0 Å². The van der Waals surface area contributed by atoms with E-state index in [1.807, 2.05) is 6.92 Å². The highest BCUT2D eigenvalue weighted by Gasteiger charge is 2.36. The minimum Gasteiger partial charge on any atom is -0.247 e. The number of hydrogen-bond acceptors (Lipinski definition) is 0. The number of rotatable bonds is 8. The second-order valence-corrected chi connectivity index (χ2v) is 8.11. The van der Waals surface area contributed by atoms with Crippen molar-refractivity contribution in [2.45, 2.75) is 91.7 Å². The Labute approximate surface area is 135 Å². The minimum atomic E-state index is -1.45. The normalized spacial score (nSPS) is 31.8. The molecule has 7 atom stereocenters. The van der Waals surface area contributed by atoms with Gasteiger partial charge in [-0.25, -0.2) is 13.2 Å². The van der Waals surface area contributed by atoms with Crippen LogP contribution in [0.25, 0.3) is 0 Å². The first-order chi connectivity index (χ1) is 10.2. The standard InChI is InChI=1S/C19H35F3/c1-12(2)6-7-13(3)16-8-9-17(19(22)11-16)14(4)10-18(21)15(5)20/h12-19H,6-11H2,1-5H3. The van der Waals surface area contributed by atoms with Crippen molar-refractivity contribution in [3.05, 3.63) is 0 Å². The molecule has 1 rings (SSSR count). The van der Waals surface area contributed by atoms with E-state index in [4.69, 9.17) is 0 Å². The fourth-order valence-corrected chi connectivity index (χ4v) is 3.88. The van der Waals surface area contributed by atoms with Gasteiger partial charge in [-0.15, -0.1) is 0 Å². The van der Waals surface area contributed by atoms with Gasteiger partial charge in [0.05, 0.1) is 0 Å². The predicted octanol–water partition coefficient (Wildman–Crippen LogP) is 6.54. The fraction of sp³-hybridized carbons (Fsp3) is 1.00. The van der Waals surface area contributed by atoms with E-state index in [1.165, 1.54) is 19.8 Å². The van der Waals surface area contributed by atoms with Crippen LogP contribution in [0.1, 0.15) is 73.1 Å². The molecule has 0 aliphatic heterocycles. The molecule has 0 spiro atoms. The molecule has 0 bridgehead atoms. The Balaban J connectivity index is 2.44. The predicted molar refractivity (Wildman–Crippen MR) is 88.2 cm³/mol. The van der Waals surface area contributed by atoms with Gasteiger partial charge >= 0.3 is 0 Å². The van der Waals surface area contributed by atoms with E-state index in [1.54, 1.807) is 0 Å². The molecule has 1 saturated carbocycles. The zero-order valence-electron chi connectivity index (χ0n) is 15.0. The van der Waals surface area contributed by atoms with Gasteiger partial charge in [0, 0.05) is 0 Å². The van der Waals surface area contributed by atoms with Crippen molar-refractivity contribution < 1.29 is 13.2 Å². The summed E-state index contributed by atoms with van der Waals surface area (Å²) >= 11 is 0. The topological polar surface area (TPSA) is 0 Å². The average molecular weight is 320 g/mol. The first kappa shape index (κ1) is 19.8. The van der Waals surface area contributed by atoms with Gasteiger partial charge in [0.1, 0.15) is 18.5 Å². The first-order valence-electron chi connectivity index (χ1n) is 9.14. The second kappa shape index (κ2) is 9.17. The third-order valence-electron chi connectivity index (χ3n) is 5.69. The van der Waals surface area contributed by atoms with E-state index in [9.17, 15) is 13.2 Å². The van der Waals surface area contributed by atoms with Crippen LogP contribution in [0.5, 0.6) is 0 Å². The molecule has 0 saturated heterocycles. The van der Waals surface area contributed by atoms with Crippen molar-refractivity contribution in [3.63, 3.8) is 0 Å². The molecule has 0 heterocycles. The van der Waals surface area contributed by atoms with Crippen molar-refractivity contribution in [2.75, 3.05) is 0 Å². The number of hydrogen-bond donors (Lipinski definition) is 0. The van der Waals surface area contributed by atoms with Gasteiger partial charge in [0.2, 0.25) is 0 Å². The van der Waals surface area contributed by atoms with Crippen LogP contribution in [0.2, 0.25) is 0 Å². The van der Waals surface area contributed by atoms with Crippen molar-refractivity contribution in [1.82, 2.24) is 0 Å². The second-order valence-electron chi connectivity index (χ2n) is 8.11. The minimum absolute atomic E-state index is 0.0740. The maximum atomic E-state index is 14.5. The van der Waals surface area contributed by atoms with Gasteiger partial charge < -0.3 is 0 Å². The van der Waals surface area contributed by atoms with Gasteiger partial charge in [-0.1, -0.05) is 40.5 Å². The van der Waals surface area contributed by atoms with Gasteiger partial charge in [-0.2, -0.15) is 0 Å². The Morgan fingerprint density at radius 3 is 2.05 bits per heavy atom. The van der Waals surface area contributed by atoms with Crippen LogP contribution >= 0.6 is 0 Å². The Kier molecular flexibility index (Phi) is 8.27. The Morgan fingerprint density at radius 1 is 0.909 bits per heavy atom. The third-order valence-corrected chi connectivity index (χ3v) is 5.69. The lowest BCUT2D eigenvalue weighted by molar-refractivity contribution is 0.0481. The van der Waals surface area contributed by atoms with Crippen LogP contribution in [-0.2, 0) is 0 Å². The highest BCUT2D eigenvalue weighted by Crippen LogP contribution is 2.41. The lowest BCUT2D eigenvalue weighted by Crippen LogP contribution is -2.34. The van der Waals surface area contributed by atoms with E-state index >= 15 is 0 Å². The summed E-state index contributed by atoms with van der Waals surface area (Å²) in [6, 6.07) is 0. The largest absolute Gasteiger partial charge is 0.247 e. The summed E-state index contributed by atoms with van der Waals surface area (Å²) in [7, 11) is 0. The van der Waals surface area contributed by atoms with Crippen LogP contribution in [-0.4, -0.2) is 18.5 Å². The van der Waals surface area contributed by atoms with Crippen LogP contribution < -0.4 is 0 Å². The zero-order valence-corrected chi connectivity index (χ0v) is 15.0. The van der Waals surface area contributed by atoms with Gasteiger partial charge in [0.25, 0.3) is 0 Å². The molecule has 0 aromatic carbocycles. The molecule has 0 N–H and O–H groups in total. The van der Waals surface area contributed by atoms with Gasteiger partial charge in [0.15, 0.2) is 0 Å². The summed E-state index contributed by atoms with van der Waals surface area (Å²) in [6.45, 7) is 9.82. The number of alkyl halides is 3. The van der Waals surface area contributed by atoms with Gasteiger partial charge in [-0.05, 0) is 62.2 Å². The molecule has 1 aliphatic carbocycles. The summed E-state index contributed by atoms with van der Waals surface area (Å²) in [5.41, 5.74) is 0. The highest BCUT2D eigenvalue weighted by molar-refractivity contribution is 4.86. The smallest absolute Gasteiger partial charge is 0.131 e. The molecule has 22 heavy (non-hydrogen) atoms. The van der Waals surface area contributed by atoms with E-state index < -0.39 is 18.5 Å². The lowest BCUT2D eigenvalue weighted by atomic mass is 9.69. The van der Waals surface area contributed by atoms with E-state index in [0.29, 0.717) is 24.2 Å². The summed E-state index contributed by atoms with van der Waals surface area (Å²) in [5.74, 6) is 1.56. The average Bonchev–Trinajstić information content (AvgIpc) is 2.44. The molecule has 0 radical (unpaired) electrons. The molecular formula is C19H35F3. The van der Waals surface area contributed by atoms with Gasteiger partial charge in [-0.3, -0.25) is 0 Å². The maximum absolute atomic E-state index is 14.5. The summed E-state index contributed by atoms with van der Waals surface area (Å²) in [6.07, 6.45) is 1.24. The van der Waals surface area contributed by atoms with E-state index in [-0.39, 0.29) is 18.3 Å². The molecule has 0 aromatic rings. The molecule has 3 heteroatoms. The van der Waals surface area contributed by atoms with Crippen LogP contribution in [0.15, 0.2) is 0 Å². The maximum Gasteiger partial charge on any atom is 0.131 e. The Hall–Kier alpha value is -0.210. The molecule has 132 valence electrons. The van der Waals surface area contributed by atoms with E-state index in [2.05, 4.69) is 20.8 Å². The number of halogens is 3. The zero-order chi connectivity index (χ0) is 16.9. The summed E-state index contributed by atoms with van der Waals surface area (Å²) in [4.78, 5) is 0. The van der Waals surface area contributed by atoms with Crippen molar-refractivity contribution in [2.24, 2.45) is 29.6 Å². The molecule has 1 fully saturated rings. The highest BCUT2D eigenvalue weighted by atomic mass is 19.2. The molecule has 7 unspecified atom stereocenters. The monoisotopic (exact) mass is 320 g/mol. The quantitative estimate of drug-likeness (QED) is 0.476.